The van der Waals surface area contributed by atoms with Crippen LogP contribution in [-0.2, 0) is 11.8 Å². The van der Waals surface area contributed by atoms with Crippen LogP contribution in [0.15, 0.2) is 55.2 Å². The van der Waals surface area contributed by atoms with Gasteiger partial charge < -0.3 is 33.9 Å². The summed E-state index contributed by atoms with van der Waals surface area (Å²) in [7, 11) is 1.97. The van der Waals surface area contributed by atoms with Crippen LogP contribution in [0.3, 0.4) is 0 Å². The molecule has 0 aliphatic carbocycles. The molecule has 44 heavy (non-hydrogen) atoms. The number of pyridine rings is 1. The van der Waals surface area contributed by atoms with Gasteiger partial charge in [0.1, 0.15) is 35.9 Å². The number of benzene rings is 2. The number of ether oxygens (including phenoxy) is 3. The predicted molar refractivity (Wildman–Crippen MR) is 167 cm³/mol. The fourth-order valence-electron chi connectivity index (χ4n) is 5.68. The van der Waals surface area contributed by atoms with Gasteiger partial charge in [0.15, 0.2) is 11.6 Å². The molecule has 5 aromatic rings. The Morgan fingerprint density at radius 3 is 2.73 bits per heavy atom. The molecule has 5 heterocycles. The Morgan fingerprint density at radius 1 is 1.05 bits per heavy atom. The quantitative estimate of drug-likeness (QED) is 0.283. The summed E-state index contributed by atoms with van der Waals surface area (Å²) < 4.78 is 20.1. The molecule has 2 aromatic carbocycles. The first-order valence-corrected chi connectivity index (χ1v) is 14.6. The fraction of sp³-hybridized carbons (Fsp3) is 0.344. The van der Waals surface area contributed by atoms with Gasteiger partial charge in [0.2, 0.25) is 0 Å². The van der Waals surface area contributed by atoms with Crippen molar-refractivity contribution in [2.45, 2.75) is 39.3 Å². The second-order valence-corrected chi connectivity index (χ2v) is 12.2. The van der Waals surface area contributed by atoms with Crippen molar-refractivity contribution >= 4 is 45.4 Å². The van der Waals surface area contributed by atoms with E-state index >= 15 is 0 Å². The predicted octanol–water partition coefficient (Wildman–Crippen LogP) is 5.57. The average molecular weight is 595 g/mol. The number of piperazine rings is 1. The van der Waals surface area contributed by atoms with Crippen molar-refractivity contribution in [1.29, 1.82) is 0 Å². The maximum absolute atomic E-state index is 12.7. The molecule has 1 saturated heterocycles. The molecule has 0 spiro atoms. The van der Waals surface area contributed by atoms with E-state index in [4.69, 9.17) is 19.2 Å². The fourth-order valence-corrected chi connectivity index (χ4v) is 5.68. The van der Waals surface area contributed by atoms with Gasteiger partial charge in [-0.05, 0) is 63.6 Å². The lowest BCUT2D eigenvalue weighted by Gasteiger charge is -2.44. The summed E-state index contributed by atoms with van der Waals surface area (Å²) in [6.07, 6.45) is 4.74. The maximum Gasteiger partial charge on any atom is 0.410 e. The van der Waals surface area contributed by atoms with Gasteiger partial charge in [0.05, 0.1) is 40.5 Å². The summed E-state index contributed by atoms with van der Waals surface area (Å²) in [5.74, 6) is 3.45. The van der Waals surface area contributed by atoms with Crippen molar-refractivity contribution < 1.29 is 19.0 Å². The van der Waals surface area contributed by atoms with Gasteiger partial charge in [-0.2, -0.15) is 0 Å². The van der Waals surface area contributed by atoms with Crippen LogP contribution in [-0.4, -0.2) is 73.4 Å². The third kappa shape index (κ3) is 5.16. The maximum atomic E-state index is 12.7. The number of aryl methyl sites for hydroxylation is 2. The summed E-state index contributed by atoms with van der Waals surface area (Å²) in [6, 6.07) is 11.8. The van der Waals surface area contributed by atoms with Gasteiger partial charge in [-0.25, -0.2) is 24.7 Å². The topological polar surface area (TPSA) is 120 Å². The largest absolute Gasteiger partial charge is 0.487 e. The molecule has 0 unspecified atom stereocenters. The number of anilines is 3. The van der Waals surface area contributed by atoms with Crippen LogP contribution in [0.1, 0.15) is 26.3 Å². The third-order valence-electron chi connectivity index (χ3n) is 7.80. The van der Waals surface area contributed by atoms with Gasteiger partial charge in [0, 0.05) is 38.4 Å². The Kier molecular flexibility index (Phi) is 6.64. The molecule has 12 nitrogen and oxygen atoms in total. The van der Waals surface area contributed by atoms with Crippen LogP contribution in [0.25, 0.3) is 21.9 Å². The standard InChI is InChI=1S/C32H34N8O4/c1-19-12-20(6-9-26(19)43-22-7-8-25-23(13-22)36-18-38(25)5)37-29-27-24(34-17-35-29)14-33-30-28(27)42-16-21-15-39(10-11-40(21)30)31(41)44-32(2,3)4/h6-9,12-14,17-18,21H,10-11,15-16H2,1-5H3,(H,34,35,37)/t21-/m1/s1. The van der Waals surface area contributed by atoms with E-state index in [9.17, 15) is 4.79 Å². The Labute approximate surface area is 254 Å². The van der Waals surface area contributed by atoms with Crippen molar-refractivity contribution in [3.8, 4) is 17.2 Å². The minimum atomic E-state index is -0.547. The van der Waals surface area contributed by atoms with E-state index in [2.05, 4.69) is 25.2 Å². The minimum absolute atomic E-state index is 0.0386. The normalized spacial score (nSPS) is 16.3. The van der Waals surface area contributed by atoms with E-state index in [0.717, 1.165) is 45.0 Å². The van der Waals surface area contributed by atoms with Crippen LogP contribution in [0.4, 0.5) is 22.1 Å². The lowest BCUT2D eigenvalue weighted by molar-refractivity contribution is 0.0194. The first kappa shape index (κ1) is 27.7. The van der Waals surface area contributed by atoms with E-state index in [0.29, 0.717) is 43.3 Å². The SMILES string of the molecule is Cc1cc(Nc2ncnc3cnc4c(c23)OC[C@H]2CN(C(=O)OC(C)(C)C)CCN42)ccc1Oc1ccc2c(c1)ncn2C. The van der Waals surface area contributed by atoms with E-state index in [1.165, 1.54) is 6.33 Å². The number of fused-ring (bicyclic) bond motifs is 6. The number of hydrogen-bond donors (Lipinski definition) is 1. The summed E-state index contributed by atoms with van der Waals surface area (Å²) in [6.45, 7) is 9.66. The van der Waals surface area contributed by atoms with Crippen molar-refractivity contribution in [3.05, 3.63) is 60.8 Å². The Morgan fingerprint density at radius 2 is 1.91 bits per heavy atom. The van der Waals surface area contributed by atoms with Crippen LogP contribution in [0.5, 0.6) is 17.2 Å². The van der Waals surface area contributed by atoms with Gasteiger partial charge in [-0.3, -0.25) is 0 Å². The van der Waals surface area contributed by atoms with Crippen LogP contribution >= 0.6 is 0 Å². The van der Waals surface area contributed by atoms with Crippen molar-refractivity contribution in [1.82, 2.24) is 29.4 Å². The smallest absolute Gasteiger partial charge is 0.410 e. The molecule has 0 bridgehead atoms. The van der Waals surface area contributed by atoms with E-state index in [1.54, 1.807) is 17.4 Å². The lowest BCUT2D eigenvalue weighted by atomic mass is 10.1. The van der Waals surface area contributed by atoms with Crippen LogP contribution in [0, 0.1) is 6.92 Å². The van der Waals surface area contributed by atoms with Gasteiger partial charge in [-0.15, -0.1) is 0 Å². The first-order chi connectivity index (χ1) is 21.1. The number of carbonyl (C=O) groups is 1. The number of nitrogens with zero attached hydrogens (tertiary/aromatic N) is 7. The molecule has 1 N–H and O–H groups in total. The summed E-state index contributed by atoms with van der Waals surface area (Å²) in [4.78, 5) is 34.8. The van der Waals surface area contributed by atoms with E-state index in [-0.39, 0.29) is 12.1 Å². The first-order valence-electron chi connectivity index (χ1n) is 14.6. The summed E-state index contributed by atoms with van der Waals surface area (Å²) >= 11 is 0. The molecular weight excluding hydrogens is 560 g/mol. The second kappa shape index (κ2) is 10.5. The number of imidazole rings is 1. The number of hydrogen-bond acceptors (Lipinski definition) is 10. The second-order valence-electron chi connectivity index (χ2n) is 12.2. The van der Waals surface area contributed by atoms with Crippen molar-refractivity contribution in [3.63, 3.8) is 0 Å². The molecule has 0 radical (unpaired) electrons. The highest BCUT2D eigenvalue weighted by Gasteiger charge is 2.38. The lowest BCUT2D eigenvalue weighted by Crippen LogP contribution is -2.59. The highest BCUT2D eigenvalue weighted by molar-refractivity contribution is 5.99. The van der Waals surface area contributed by atoms with Crippen LogP contribution in [0.2, 0.25) is 0 Å². The van der Waals surface area contributed by atoms with Gasteiger partial charge in [0.25, 0.3) is 0 Å². The molecule has 1 fully saturated rings. The number of rotatable bonds is 4. The van der Waals surface area contributed by atoms with Crippen molar-refractivity contribution in [2.24, 2.45) is 7.05 Å². The van der Waals surface area contributed by atoms with Gasteiger partial charge >= 0.3 is 6.09 Å². The summed E-state index contributed by atoms with van der Waals surface area (Å²) in [5.41, 5.74) is 3.86. The molecule has 226 valence electrons. The zero-order valence-electron chi connectivity index (χ0n) is 25.4. The molecule has 3 aromatic heterocycles. The monoisotopic (exact) mass is 594 g/mol. The molecular formula is C32H34N8O4. The number of carbonyl (C=O) groups excluding carboxylic acids is 1. The third-order valence-corrected chi connectivity index (χ3v) is 7.80. The zero-order valence-corrected chi connectivity index (χ0v) is 25.4. The van der Waals surface area contributed by atoms with E-state index < -0.39 is 5.60 Å². The van der Waals surface area contributed by atoms with E-state index in [1.807, 2.05) is 75.7 Å². The molecule has 2 aliphatic heterocycles. The Balaban J connectivity index is 1.12. The average Bonchev–Trinajstić information content (AvgIpc) is 3.36. The highest BCUT2D eigenvalue weighted by atomic mass is 16.6. The number of aromatic nitrogens is 5. The Bertz CT molecular complexity index is 1900. The summed E-state index contributed by atoms with van der Waals surface area (Å²) in [5, 5.41) is 4.21. The highest BCUT2D eigenvalue weighted by Crippen LogP contribution is 2.42. The molecule has 1 amide bonds. The molecule has 0 saturated carbocycles. The molecule has 12 heteroatoms. The number of amides is 1. The molecule has 1 atom stereocenters. The molecule has 2 aliphatic rings. The Hall–Kier alpha value is -5.13. The zero-order chi connectivity index (χ0) is 30.6. The minimum Gasteiger partial charge on any atom is -0.487 e. The van der Waals surface area contributed by atoms with Crippen LogP contribution < -0.4 is 19.7 Å². The van der Waals surface area contributed by atoms with Gasteiger partial charge in [-0.1, -0.05) is 0 Å². The van der Waals surface area contributed by atoms with Crippen molar-refractivity contribution in [2.75, 3.05) is 36.5 Å². The molecule has 7 rings (SSSR count). The number of nitrogens with one attached hydrogen (secondary N) is 1.